The van der Waals surface area contributed by atoms with E-state index in [4.69, 9.17) is 16.3 Å². The van der Waals surface area contributed by atoms with Crippen LogP contribution in [-0.4, -0.2) is 17.0 Å². The van der Waals surface area contributed by atoms with Crippen LogP contribution < -0.4 is 10.1 Å². The summed E-state index contributed by atoms with van der Waals surface area (Å²) in [4.78, 5) is 7.97. The van der Waals surface area contributed by atoms with Crippen LogP contribution in [0.15, 0.2) is 29.0 Å². The summed E-state index contributed by atoms with van der Waals surface area (Å²) in [5.41, 5.74) is 0. The topological polar surface area (TPSA) is 47.0 Å². The molecule has 0 radical (unpaired) electrons. The third-order valence-electron chi connectivity index (χ3n) is 2.09. The second kappa shape index (κ2) is 5.49. The highest BCUT2D eigenvalue weighted by molar-refractivity contribution is 9.10. The number of anilines is 1. The van der Waals surface area contributed by atoms with Crippen molar-refractivity contribution in [2.75, 3.05) is 12.4 Å². The molecule has 0 spiro atoms. The van der Waals surface area contributed by atoms with Crippen LogP contribution in [0.3, 0.4) is 0 Å². The molecule has 0 bridgehead atoms. The third-order valence-corrected chi connectivity index (χ3v) is 3.10. The first-order valence-corrected chi connectivity index (χ1v) is 6.10. The molecule has 0 aliphatic heterocycles. The minimum Gasteiger partial charge on any atom is -0.436 e. The fourth-order valence-electron chi connectivity index (χ4n) is 1.26. The summed E-state index contributed by atoms with van der Waals surface area (Å²) in [7, 11) is 1.72. The molecule has 4 nitrogen and oxygen atoms in total. The second-order valence-corrected chi connectivity index (χ2v) is 4.47. The number of benzene rings is 1. The number of hydrogen-bond acceptors (Lipinski definition) is 4. The molecular formula is C11H8BrClFN3O. The number of rotatable bonds is 3. The number of halogens is 3. The highest BCUT2D eigenvalue weighted by Crippen LogP contribution is 2.34. The quantitative estimate of drug-likeness (QED) is 0.927. The van der Waals surface area contributed by atoms with Gasteiger partial charge in [-0.2, -0.15) is 0 Å². The molecule has 2 aromatic rings. The molecule has 0 atom stereocenters. The van der Waals surface area contributed by atoms with Crippen molar-refractivity contribution < 1.29 is 9.13 Å². The van der Waals surface area contributed by atoms with Gasteiger partial charge in [0.25, 0.3) is 0 Å². The van der Waals surface area contributed by atoms with Crippen molar-refractivity contribution in [3.05, 3.63) is 39.8 Å². The van der Waals surface area contributed by atoms with Crippen LogP contribution in [0, 0.1) is 5.82 Å². The predicted octanol–water partition coefficient (Wildman–Crippen LogP) is 3.87. The Hall–Kier alpha value is -1.40. The molecule has 2 rings (SSSR count). The van der Waals surface area contributed by atoms with Gasteiger partial charge < -0.3 is 10.1 Å². The zero-order chi connectivity index (χ0) is 13.1. The van der Waals surface area contributed by atoms with Gasteiger partial charge in [-0.05, 0) is 34.1 Å². The Kier molecular flexibility index (Phi) is 3.98. The van der Waals surface area contributed by atoms with E-state index in [-0.39, 0.29) is 5.02 Å². The van der Waals surface area contributed by atoms with Crippen LogP contribution >= 0.6 is 27.5 Å². The first-order chi connectivity index (χ1) is 8.61. The highest BCUT2D eigenvalue weighted by Gasteiger charge is 2.11. The molecular weight excluding hydrogens is 324 g/mol. The fraction of sp³-hybridized carbons (Fsp3) is 0.0909. The summed E-state index contributed by atoms with van der Waals surface area (Å²) in [6, 6.07) is 3.87. The predicted molar refractivity (Wildman–Crippen MR) is 70.8 cm³/mol. The lowest BCUT2D eigenvalue weighted by atomic mass is 10.3. The number of hydrogen-bond donors (Lipinski definition) is 1. The SMILES string of the molecule is CNc1ncnc(Oc2ccc(F)cc2Cl)c1Br. The molecule has 0 saturated heterocycles. The maximum atomic E-state index is 12.9. The largest absolute Gasteiger partial charge is 0.436 e. The highest BCUT2D eigenvalue weighted by atomic mass is 79.9. The van der Waals surface area contributed by atoms with Gasteiger partial charge in [-0.25, -0.2) is 14.4 Å². The van der Waals surface area contributed by atoms with Crippen LogP contribution in [0.25, 0.3) is 0 Å². The van der Waals surface area contributed by atoms with E-state index >= 15 is 0 Å². The van der Waals surface area contributed by atoms with Crippen LogP contribution in [0.4, 0.5) is 10.2 Å². The zero-order valence-corrected chi connectivity index (χ0v) is 11.6. The number of aromatic nitrogens is 2. The van der Waals surface area contributed by atoms with E-state index in [1.54, 1.807) is 7.05 Å². The normalized spacial score (nSPS) is 10.2. The fourth-order valence-corrected chi connectivity index (χ4v) is 1.95. The zero-order valence-electron chi connectivity index (χ0n) is 9.25. The summed E-state index contributed by atoms with van der Waals surface area (Å²) in [6.45, 7) is 0. The average molecular weight is 333 g/mol. The summed E-state index contributed by atoms with van der Waals surface area (Å²) >= 11 is 9.17. The van der Waals surface area contributed by atoms with E-state index in [0.29, 0.717) is 21.9 Å². The molecule has 7 heteroatoms. The van der Waals surface area contributed by atoms with E-state index in [9.17, 15) is 4.39 Å². The molecule has 0 fully saturated rings. The Labute approximate surface area is 116 Å². The first-order valence-electron chi connectivity index (χ1n) is 4.93. The lowest BCUT2D eigenvalue weighted by molar-refractivity contribution is 0.457. The van der Waals surface area contributed by atoms with Gasteiger partial charge in [-0.3, -0.25) is 0 Å². The maximum absolute atomic E-state index is 12.9. The van der Waals surface area contributed by atoms with Crippen molar-refractivity contribution in [3.8, 4) is 11.6 Å². The maximum Gasteiger partial charge on any atom is 0.238 e. The van der Waals surface area contributed by atoms with E-state index in [1.807, 2.05) is 0 Å². The van der Waals surface area contributed by atoms with Crippen LogP contribution in [0.1, 0.15) is 0 Å². The Morgan fingerprint density at radius 3 is 2.83 bits per heavy atom. The van der Waals surface area contributed by atoms with Gasteiger partial charge in [0, 0.05) is 7.05 Å². The van der Waals surface area contributed by atoms with Crippen LogP contribution in [0.2, 0.25) is 5.02 Å². The van der Waals surface area contributed by atoms with E-state index < -0.39 is 5.82 Å². The summed E-state index contributed by atoms with van der Waals surface area (Å²) in [5, 5.41) is 3.05. The lowest BCUT2D eigenvalue weighted by Crippen LogP contribution is -1.98. The van der Waals surface area contributed by atoms with Gasteiger partial charge in [0.05, 0.1) is 5.02 Å². The Balaban J connectivity index is 2.34. The second-order valence-electron chi connectivity index (χ2n) is 3.27. The molecule has 0 unspecified atom stereocenters. The van der Waals surface area contributed by atoms with Crippen molar-refractivity contribution in [1.82, 2.24) is 9.97 Å². The van der Waals surface area contributed by atoms with Crippen LogP contribution in [0.5, 0.6) is 11.6 Å². The molecule has 1 aromatic heterocycles. The van der Waals surface area contributed by atoms with Gasteiger partial charge in [-0.15, -0.1) is 0 Å². The standard InChI is InChI=1S/C11H8BrClFN3O/c1-15-10-9(12)11(17-5-16-10)18-8-3-2-6(14)4-7(8)13/h2-5H,1H3,(H,15,16,17). The molecule has 94 valence electrons. The van der Waals surface area contributed by atoms with Gasteiger partial charge >= 0.3 is 0 Å². The number of ether oxygens (including phenoxy) is 1. The lowest BCUT2D eigenvalue weighted by Gasteiger charge is -2.09. The van der Waals surface area contributed by atoms with E-state index in [0.717, 1.165) is 0 Å². The van der Waals surface area contributed by atoms with Crippen molar-refractivity contribution in [3.63, 3.8) is 0 Å². The summed E-state index contributed by atoms with van der Waals surface area (Å²) in [6.07, 6.45) is 1.35. The van der Waals surface area contributed by atoms with Gasteiger partial charge in [0.2, 0.25) is 5.88 Å². The molecule has 1 aromatic carbocycles. The Bertz CT molecular complexity index is 582. The van der Waals surface area contributed by atoms with Crippen molar-refractivity contribution in [2.24, 2.45) is 0 Å². The van der Waals surface area contributed by atoms with Crippen molar-refractivity contribution in [2.45, 2.75) is 0 Å². The summed E-state index contributed by atoms with van der Waals surface area (Å²) in [5.74, 6) is 0.769. The van der Waals surface area contributed by atoms with Gasteiger partial charge in [0.1, 0.15) is 28.2 Å². The molecule has 0 amide bonds. The minimum absolute atomic E-state index is 0.173. The monoisotopic (exact) mass is 331 g/mol. The number of nitrogens with zero attached hydrogens (tertiary/aromatic N) is 2. The average Bonchev–Trinajstić information content (AvgIpc) is 2.35. The third kappa shape index (κ3) is 2.70. The molecule has 1 N–H and O–H groups in total. The molecule has 1 heterocycles. The first kappa shape index (κ1) is 13.0. The van der Waals surface area contributed by atoms with E-state index in [1.165, 1.54) is 24.5 Å². The molecule has 0 saturated carbocycles. The van der Waals surface area contributed by atoms with Gasteiger partial charge in [0.15, 0.2) is 0 Å². The van der Waals surface area contributed by atoms with Crippen molar-refractivity contribution in [1.29, 1.82) is 0 Å². The Morgan fingerprint density at radius 1 is 1.39 bits per heavy atom. The van der Waals surface area contributed by atoms with E-state index in [2.05, 4.69) is 31.2 Å². The van der Waals surface area contributed by atoms with Gasteiger partial charge in [-0.1, -0.05) is 11.6 Å². The summed E-state index contributed by atoms with van der Waals surface area (Å²) < 4.78 is 19.0. The Morgan fingerprint density at radius 2 is 2.17 bits per heavy atom. The molecule has 0 aliphatic rings. The minimum atomic E-state index is -0.426. The molecule has 0 aliphatic carbocycles. The van der Waals surface area contributed by atoms with Crippen molar-refractivity contribution >= 4 is 33.3 Å². The number of nitrogens with one attached hydrogen (secondary N) is 1. The smallest absolute Gasteiger partial charge is 0.238 e. The van der Waals surface area contributed by atoms with Crippen LogP contribution in [-0.2, 0) is 0 Å². The molecule has 18 heavy (non-hydrogen) atoms.